The summed E-state index contributed by atoms with van der Waals surface area (Å²) in [6, 6.07) is 12.2. The smallest absolute Gasteiger partial charge is 0.323 e. The van der Waals surface area contributed by atoms with Gasteiger partial charge in [0, 0.05) is 10.7 Å². The molecule has 3 N–H and O–H groups in total. The molecule has 0 aliphatic rings. The lowest BCUT2D eigenvalue weighted by atomic mass is 10.2. The van der Waals surface area contributed by atoms with Gasteiger partial charge in [0.15, 0.2) is 0 Å². The van der Waals surface area contributed by atoms with Crippen LogP contribution in [0.2, 0.25) is 5.02 Å². The van der Waals surface area contributed by atoms with Crippen LogP contribution in [0.5, 0.6) is 5.75 Å². The molecule has 2 aromatic carbocycles. The van der Waals surface area contributed by atoms with E-state index in [0.29, 0.717) is 16.3 Å². The molecule has 0 aliphatic heterocycles. The molecule has 0 atom stereocenters. The van der Waals surface area contributed by atoms with Crippen LogP contribution in [0.25, 0.3) is 0 Å². The average molecular weight is 288 g/mol. The SMILES string of the molecule is N#Cc1ccc(NC(=O)Nc2cc(Cl)ccc2O)cc1. The Kier molecular flexibility index (Phi) is 4.08. The maximum atomic E-state index is 11.8. The first kappa shape index (κ1) is 13.7. The molecule has 0 saturated heterocycles. The zero-order valence-electron chi connectivity index (χ0n) is 10.2. The lowest BCUT2D eigenvalue weighted by Gasteiger charge is -2.09. The third-order valence-corrected chi connectivity index (χ3v) is 2.71. The van der Waals surface area contributed by atoms with Crippen molar-refractivity contribution in [2.24, 2.45) is 0 Å². The summed E-state index contributed by atoms with van der Waals surface area (Å²) in [6.45, 7) is 0. The van der Waals surface area contributed by atoms with Gasteiger partial charge in [-0.3, -0.25) is 0 Å². The fourth-order valence-corrected chi connectivity index (χ4v) is 1.69. The van der Waals surface area contributed by atoms with E-state index in [0.717, 1.165) is 0 Å². The van der Waals surface area contributed by atoms with Crippen molar-refractivity contribution < 1.29 is 9.90 Å². The number of nitrogens with zero attached hydrogens (tertiary/aromatic N) is 1. The Bertz CT molecular complexity index is 678. The lowest BCUT2D eigenvalue weighted by Crippen LogP contribution is -2.19. The molecule has 0 radical (unpaired) electrons. The number of carbonyl (C=O) groups is 1. The quantitative estimate of drug-likeness (QED) is 0.738. The molecule has 0 spiro atoms. The first-order chi connectivity index (χ1) is 9.58. The Morgan fingerprint density at radius 3 is 2.50 bits per heavy atom. The van der Waals surface area contributed by atoms with Crippen LogP contribution in [0.3, 0.4) is 0 Å². The number of nitriles is 1. The van der Waals surface area contributed by atoms with Crippen molar-refractivity contribution in [3.63, 3.8) is 0 Å². The fourth-order valence-electron chi connectivity index (χ4n) is 1.52. The summed E-state index contributed by atoms with van der Waals surface area (Å²) >= 11 is 5.78. The van der Waals surface area contributed by atoms with Crippen molar-refractivity contribution in [3.8, 4) is 11.8 Å². The van der Waals surface area contributed by atoms with Crippen LogP contribution in [0, 0.1) is 11.3 Å². The molecule has 0 bridgehead atoms. The number of halogens is 1. The van der Waals surface area contributed by atoms with E-state index in [-0.39, 0.29) is 11.4 Å². The van der Waals surface area contributed by atoms with Crippen LogP contribution in [-0.4, -0.2) is 11.1 Å². The molecule has 0 unspecified atom stereocenters. The molecule has 0 saturated carbocycles. The predicted octanol–water partition coefficient (Wildman–Crippen LogP) is 3.56. The van der Waals surface area contributed by atoms with E-state index in [1.807, 2.05) is 6.07 Å². The number of urea groups is 1. The molecule has 0 aromatic heterocycles. The molecule has 6 heteroatoms. The standard InChI is InChI=1S/C14H10ClN3O2/c15-10-3-6-13(19)12(7-10)18-14(20)17-11-4-1-9(8-16)2-5-11/h1-7,19H,(H2,17,18,20). The molecule has 20 heavy (non-hydrogen) atoms. The Morgan fingerprint density at radius 1 is 1.15 bits per heavy atom. The van der Waals surface area contributed by atoms with Gasteiger partial charge in [0.05, 0.1) is 17.3 Å². The van der Waals surface area contributed by atoms with Crippen LogP contribution in [0.1, 0.15) is 5.56 Å². The highest BCUT2D eigenvalue weighted by atomic mass is 35.5. The first-order valence-electron chi connectivity index (χ1n) is 5.65. The van der Waals surface area contributed by atoms with E-state index in [2.05, 4.69) is 10.6 Å². The van der Waals surface area contributed by atoms with Gasteiger partial charge in [0.2, 0.25) is 0 Å². The number of phenolic OH excluding ortho intramolecular Hbond substituents is 1. The number of anilines is 2. The van der Waals surface area contributed by atoms with Gasteiger partial charge < -0.3 is 15.7 Å². The lowest BCUT2D eigenvalue weighted by molar-refractivity contribution is 0.262. The Hall–Kier alpha value is -2.71. The molecule has 2 aromatic rings. The summed E-state index contributed by atoms with van der Waals surface area (Å²) in [7, 11) is 0. The van der Waals surface area contributed by atoms with Gasteiger partial charge in [-0.15, -0.1) is 0 Å². The number of benzene rings is 2. The number of amides is 2. The minimum absolute atomic E-state index is 0.0793. The molecule has 2 rings (SSSR count). The maximum Gasteiger partial charge on any atom is 0.323 e. The molecular weight excluding hydrogens is 278 g/mol. The predicted molar refractivity (Wildman–Crippen MR) is 76.9 cm³/mol. The third-order valence-electron chi connectivity index (χ3n) is 2.48. The summed E-state index contributed by atoms with van der Waals surface area (Å²) in [5.74, 6) is -0.0793. The Labute approximate surface area is 120 Å². The normalized spacial score (nSPS) is 9.60. The van der Waals surface area contributed by atoms with Crippen LogP contribution in [0.4, 0.5) is 16.2 Å². The van der Waals surface area contributed by atoms with E-state index >= 15 is 0 Å². The molecular formula is C14H10ClN3O2. The second-order valence-electron chi connectivity index (χ2n) is 3.93. The van der Waals surface area contributed by atoms with Crippen molar-refractivity contribution >= 4 is 29.0 Å². The number of nitrogens with one attached hydrogen (secondary N) is 2. The minimum atomic E-state index is -0.521. The van der Waals surface area contributed by atoms with Gasteiger partial charge in [0.25, 0.3) is 0 Å². The molecule has 0 heterocycles. The molecule has 0 fully saturated rings. The zero-order chi connectivity index (χ0) is 14.5. The number of hydrogen-bond donors (Lipinski definition) is 3. The molecule has 0 aliphatic carbocycles. The second-order valence-corrected chi connectivity index (χ2v) is 4.37. The van der Waals surface area contributed by atoms with Crippen molar-refractivity contribution in [2.75, 3.05) is 10.6 Å². The van der Waals surface area contributed by atoms with E-state index < -0.39 is 6.03 Å². The van der Waals surface area contributed by atoms with Gasteiger partial charge in [-0.05, 0) is 42.5 Å². The fraction of sp³-hybridized carbons (Fsp3) is 0. The van der Waals surface area contributed by atoms with Crippen LogP contribution < -0.4 is 10.6 Å². The summed E-state index contributed by atoms with van der Waals surface area (Å²) in [6.07, 6.45) is 0. The number of carbonyl (C=O) groups excluding carboxylic acids is 1. The highest BCUT2D eigenvalue weighted by molar-refractivity contribution is 6.31. The van der Waals surface area contributed by atoms with E-state index in [9.17, 15) is 9.90 Å². The Morgan fingerprint density at radius 2 is 1.85 bits per heavy atom. The highest BCUT2D eigenvalue weighted by Crippen LogP contribution is 2.26. The topological polar surface area (TPSA) is 85.2 Å². The third kappa shape index (κ3) is 3.40. The largest absolute Gasteiger partial charge is 0.506 e. The monoisotopic (exact) mass is 287 g/mol. The molecule has 100 valence electrons. The minimum Gasteiger partial charge on any atom is -0.506 e. The molecule has 5 nitrogen and oxygen atoms in total. The van der Waals surface area contributed by atoms with Crippen molar-refractivity contribution in [1.82, 2.24) is 0 Å². The summed E-state index contributed by atoms with van der Waals surface area (Å²) in [4.78, 5) is 11.8. The van der Waals surface area contributed by atoms with E-state index in [4.69, 9.17) is 16.9 Å². The summed E-state index contributed by atoms with van der Waals surface area (Å²) in [5.41, 5.74) is 1.25. The van der Waals surface area contributed by atoms with E-state index in [1.165, 1.54) is 18.2 Å². The number of phenols is 1. The van der Waals surface area contributed by atoms with Gasteiger partial charge in [-0.1, -0.05) is 11.6 Å². The average Bonchev–Trinajstić information content (AvgIpc) is 2.43. The van der Waals surface area contributed by atoms with Crippen molar-refractivity contribution in [3.05, 3.63) is 53.1 Å². The first-order valence-corrected chi connectivity index (χ1v) is 6.03. The zero-order valence-corrected chi connectivity index (χ0v) is 11.0. The Balaban J connectivity index is 2.05. The van der Waals surface area contributed by atoms with E-state index in [1.54, 1.807) is 24.3 Å². The van der Waals surface area contributed by atoms with Crippen LogP contribution in [-0.2, 0) is 0 Å². The van der Waals surface area contributed by atoms with Crippen molar-refractivity contribution in [1.29, 1.82) is 5.26 Å². The summed E-state index contributed by atoms with van der Waals surface area (Å²) in [5, 5.41) is 23.7. The van der Waals surface area contributed by atoms with Crippen LogP contribution >= 0.6 is 11.6 Å². The molecule has 2 amide bonds. The van der Waals surface area contributed by atoms with Crippen molar-refractivity contribution in [2.45, 2.75) is 0 Å². The highest BCUT2D eigenvalue weighted by Gasteiger charge is 2.07. The number of hydrogen-bond acceptors (Lipinski definition) is 3. The maximum absolute atomic E-state index is 11.8. The number of aromatic hydroxyl groups is 1. The van der Waals surface area contributed by atoms with Gasteiger partial charge >= 0.3 is 6.03 Å². The van der Waals surface area contributed by atoms with Crippen LogP contribution in [0.15, 0.2) is 42.5 Å². The number of rotatable bonds is 2. The van der Waals surface area contributed by atoms with Gasteiger partial charge in [-0.25, -0.2) is 4.79 Å². The second kappa shape index (κ2) is 5.95. The van der Waals surface area contributed by atoms with Gasteiger partial charge in [0.1, 0.15) is 5.75 Å². The summed E-state index contributed by atoms with van der Waals surface area (Å²) < 4.78 is 0. The van der Waals surface area contributed by atoms with Gasteiger partial charge in [-0.2, -0.15) is 5.26 Å².